The van der Waals surface area contributed by atoms with Gasteiger partial charge in [-0.05, 0) is 78.1 Å². The number of benzene rings is 7. The maximum Gasteiger partial charge on any atom is 0.124 e. The summed E-state index contributed by atoms with van der Waals surface area (Å²) >= 11 is 0. The van der Waals surface area contributed by atoms with Crippen LogP contribution in [0.5, 0.6) is 11.5 Å². The predicted molar refractivity (Wildman–Crippen MR) is 135 cm³/mol. The Kier molecular flexibility index (Phi) is 3.32. The van der Waals surface area contributed by atoms with Crippen LogP contribution in [-0.4, -0.2) is 10.2 Å². The van der Waals surface area contributed by atoms with E-state index < -0.39 is 0 Å². The lowest BCUT2D eigenvalue weighted by molar-refractivity contribution is 0.482. The molecule has 0 radical (unpaired) electrons. The molecule has 0 bridgehead atoms. The molecule has 0 fully saturated rings. The summed E-state index contributed by atoms with van der Waals surface area (Å²) in [6.45, 7) is 0. The fourth-order valence-corrected chi connectivity index (χ4v) is 5.32. The van der Waals surface area contributed by atoms with Crippen molar-refractivity contribution >= 4 is 64.6 Å². The van der Waals surface area contributed by atoms with Crippen LogP contribution in [0.15, 0.2) is 97.1 Å². The summed E-state index contributed by atoms with van der Waals surface area (Å²) in [4.78, 5) is 0. The van der Waals surface area contributed by atoms with E-state index in [0.29, 0.717) is 0 Å². The molecular formula is C30H18O2. The molecule has 0 aliphatic carbocycles. The molecule has 0 unspecified atom stereocenters. The van der Waals surface area contributed by atoms with Gasteiger partial charge in [0, 0.05) is 10.8 Å². The molecule has 7 rings (SSSR count). The highest BCUT2D eigenvalue weighted by molar-refractivity contribution is 6.25. The standard InChI is InChI=1S/C30H18O2/c31-27-15-19-14-26-20(13-25(19)23-11-9-17-5-1-3-7-21(17)29(23)27)16-28(32)30-22-8-4-2-6-18(22)10-12-24(26)30/h1-16,31-32H. The van der Waals surface area contributed by atoms with E-state index in [2.05, 4.69) is 60.7 Å². The Morgan fingerprint density at radius 3 is 1.25 bits per heavy atom. The lowest BCUT2D eigenvalue weighted by Gasteiger charge is -2.13. The van der Waals surface area contributed by atoms with E-state index in [9.17, 15) is 10.2 Å². The van der Waals surface area contributed by atoms with Crippen LogP contribution >= 0.6 is 0 Å². The van der Waals surface area contributed by atoms with Gasteiger partial charge >= 0.3 is 0 Å². The molecule has 32 heavy (non-hydrogen) atoms. The van der Waals surface area contributed by atoms with Gasteiger partial charge in [0.2, 0.25) is 0 Å². The van der Waals surface area contributed by atoms with E-state index in [0.717, 1.165) is 64.6 Å². The SMILES string of the molecule is Oc1cc2cc3c(cc(O)c4c5ccccc5ccc34)cc2c2ccc3ccccc3c12. The molecule has 7 aromatic rings. The molecule has 0 aliphatic heterocycles. The minimum atomic E-state index is 0.289. The number of hydrogen-bond acceptors (Lipinski definition) is 2. The summed E-state index contributed by atoms with van der Waals surface area (Å²) in [5.74, 6) is 0.578. The van der Waals surface area contributed by atoms with E-state index in [4.69, 9.17) is 0 Å². The molecule has 0 aromatic heterocycles. The van der Waals surface area contributed by atoms with Crippen LogP contribution in [-0.2, 0) is 0 Å². The Morgan fingerprint density at radius 1 is 0.344 bits per heavy atom. The summed E-state index contributed by atoms with van der Waals surface area (Å²) in [6.07, 6.45) is 0. The van der Waals surface area contributed by atoms with E-state index in [1.807, 2.05) is 36.4 Å². The molecule has 0 saturated carbocycles. The van der Waals surface area contributed by atoms with E-state index in [1.165, 1.54) is 0 Å². The molecule has 2 N–H and O–H groups in total. The van der Waals surface area contributed by atoms with Gasteiger partial charge in [-0.25, -0.2) is 0 Å². The van der Waals surface area contributed by atoms with Gasteiger partial charge in [-0.3, -0.25) is 0 Å². The average molecular weight is 410 g/mol. The summed E-state index contributed by atoms with van der Waals surface area (Å²) in [5, 5.41) is 34.1. The second-order valence-electron chi connectivity index (χ2n) is 8.50. The first-order valence-corrected chi connectivity index (χ1v) is 10.7. The summed E-state index contributed by atoms with van der Waals surface area (Å²) in [5.41, 5.74) is 0. The van der Waals surface area contributed by atoms with Gasteiger partial charge in [0.25, 0.3) is 0 Å². The van der Waals surface area contributed by atoms with Crippen LogP contribution in [0, 0.1) is 0 Å². The summed E-state index contributed by atoms with van der Waals surface area (Å²) in [7, 11) is 0. The third kappa shape index (κ3) is 2.24. The van der Waals surface area contributed by atoms with Gasteiger partial charge < -0.3 is 10.2 Å². The Morgan fingerprint density at radius 2 is 0.781 bits per heavy atom. The van der Waals surface area contributed by atoms with Crippen molar-refractivity contribution in [1.82, 2.24) is 0 Å². The molecule has 0 atom stereocenters. The molecule has 7 aromatic carbocycles. The lowest BCUT2D eigenvalue weighted by Crippen LogP contribution is -1.86. The van der Waals surface area contributed by atoms with Crippen LogP contribution in [0.3, 0.4) is 0 Å². The number of hydrogen-bond donors (Lipinski definition) is 2. The number of rotatable bonds is 0. The van der Waals surface area contributed by atoms with Crippen molar-refractivity contribution in [2.24, 2.45) is 0 Å². The van der Waals surface area contributed by atoms with Crippen molar-refractivity contribution in [2.45, 2.75) is 0 Å². The average Bonchev–Trinajstić information content (AvgIpc) is 2.82. The van der Waals surface area contributed by atoms with E-state index in [-0.39, 0.29) is 11.5 Å². The number of phenols is 2. The number of fused-ring (bicyclic) bond motifs is 10. The van der Waals surface area contributed by atoms with Gasteiger partial charge in [-0.15, -0.1) is 0 Å². The Hall–Kier alpha value is -4.30. The highest BCUT2D eigenvalue weighted by Gasteiger charge is 2.14. The second-order valence-corrected chi connectivity index (χ2v) is 8.50. The first-order valence-electron chi connectivity index (χ1n) is 10.7. The fourth-order valence-electron chi connectivity index (χ4n) is 5.32. The van der Waals surface area contributed by atoms with Crippen LogP contribution < -0.4 is 0 Å². The number of aromatic hydroxyl groups is 2. The molecular weight excluding hydrogens is 392 g/mol. The van der Waals surface area contributed by atoms with E-state index >= 15 is 0 Å². The fraction of sp³-hybridized carbons (Fsp3) is 0. The first kappa shape index (κ1) is 17.4. The van der Waals surface area contributed by atoms with Gasteiger partial charge in [-0.1, -0.05) is 72.8 Å². The maximum absolute atomic E-state index is 11.0. The van der Waals surface area contributed by atoms with Crippen molar-refractivity contribution in [2.75, 3.05) is 0 Å². The predicted octanol–water partition coefficient (Wildman–Crippen LogP) is 8.02. The molecule has 0 heterocycles. The Bertz CT molecular complexity index is 1760. The minimum absolute atomic E-state index is 0.289. The molecule has 0 amide bonds. The third-order valence-corrected chi connectivity index (χ3v) is 6.76. The van der Waals surface area contributed by atoms with Crippen LogP contribution in [0.4, 0.5) is 0 Å². The van der Waals surface area contributed by atoms with Crippen molar-refractivity contribution in [3.63, 3.8) is 0 Å². The van der Waals surface area contributed by atoms with Crippen LogP contribution in [0.1, 0.15) is 0 Å². The molecule has 2 nitrogen and oxygen atoms in total. The second kappa shape index (κ2) is 6.12. The Labute approximate surface area is 183 Å². The quantitative estimate of drug-likeness (QED) is 0.196. The maximum atomic E-state index is 11.0. The molecule has 2 heteroatoms. The molecule has 0 aliphatic rings. The van der Waals surface area contributed by atoms with Crippen LogP contribution in [0.25, 0.3) is 64.6 Å². The van der Waals surface area contributed by atoms with Gasteiger partial charge in [0.1, 0.15) is 11.5 Å². The lowest BCUT2D eigenvalue weighted by atomic mass is 9.91. The zero-order chi connectivity index (χ0) is 21.4. The third-order valence-electron chi connectivity index (χ3n) is 6.76. The highest BCUT2D eigenvalue weighted by Crippen LogP contribution is 2.42. The minimum Gasteiger partial charge on any atom is -0.507 e. The summed E-state index contributed by atoms with van der Waals surface area (Å²) < 4.78 is 0. The monoisotopic (exact) mass is 410 g/mol. The topological polar surface area (TPSA) is 40.5 Å². The van der Waals surface area contributed by atoms with Crippen LogP contribution in [0.2, 0.25) is 0 Å². The van der Waals surface area contributed by atoms with Crippen molar-refractivity contribution < 1.29 is 10.2 Å². The Balaban J connectivity index is 1.67. The van der Waals surface area contributed by atoms with Gasteiger partial charge in [0.05, 0.1) is 0 Å². The van der Waals surface area contributed by atoms with Gasteiger partial charge in [0.15, 0.2) is 0 Å². The zero-order valence-electron chi connectivity index (χ0n) is 17.1. The van der Waals surface area contributed by atoms with Crippen molar-refractivity contribution in [1.29, 1.82) is 0 Å². The first-order chi connectivity index (χ1) is 15.7. The normalized spacial score (nSPS) is 12.0. The smallest absolute Gasteiger partial charge is 0.124 e. The van der Waals surface area contributed by atoms with Gasteiger partial charge in [-0.2, -0.15) is 0 Å². The highest BCUT2D eigenvalue weighted by atomic mass is 16.3. The molecule has 0 saturated heterocycles. The molecule has 0 spiro atoms. The van der Waals surface area contributed by atoms with Crippen molar-refractivity contribution in [3.8, 4) is 11.5 Å². The van der Waals surface area contributed by atoms with Crippen molar-refractivity contribution in [3.05, 3.63) is 97.1 Å². The number of phenolic OH excluding ortho intramolecular Hbond substituents is 2. The zero-order valence-corrected chi connectivity index (χ0v) is 17.1. The largest absolute Gasteiger partial charge is 0.507 e. The summed E-state index contributed by atoms with van der Waals surface area (Å²) in [6, 6.07) is 32.6. The molecule has 150 valence electrons. The van der Waals surface area contributed by atoms with E-state index in [1.54, 1.807) is 0 Å².